The summed E-state index contributed by atoms with van der Waals surface area (Å²) in [7, 11) is 0. The van der Waals surface area contributed by atoms with Crippen LogP contribution in [0.25, 0.3) is 0 Å². The van der Waals surface area contributed by atoms with E-state index < -0.39 is 0 Å². The van der Waals surface area contributed by atoms with Gasteiger partial charge in [-0.25, -0.2) is 0 Å². The van der Waals surface area contributed by atoms with Crippen molar-refractivity contribution in [2.24, 2.45) is 0 Å². The standard InChI is InChI=1S/C15H20O3/c1-14(2)9-13(15(3,4)18-14)17-12-7-5-6-11(8-12)10-16/h5-8,10,13H,9H2,1-4H3. The van der Waals surface area contributed by atoms with Crippen molar-refractivity contribution in [3.63, 3.8) is 0 Å². The van der Waals surface area contributed by atoms with Crippen molar-refractivity contribution in [1.29, 1.82) is 0 Å². The molecule has 0 aliphatic carbocycles. The van der Waals surface area contributed by atoms with E-state index in [9.17, 15) is 4.79 Å². The van der Waals surface area contributed by atoms with Gasteiger partial charge in [0.1, 0.15) is 23.7 Å². The molecule has 18 heavy (non-hydrogen) atoms. The average molecular weight is 248 g/mol. The van der Waals surface area contributed by atoms with Gasteiger partial charge < -0.3 is 9.47 Å². The molecule has 1 aromatic rings. The first-order chi connectivity index (χ1) is 8.32. The third-order valence-electron chi connectivity index (χ3n) is 3.26. The molecule has 0 bridgehead atoms. The van der Waals surface area contributed by atoms with Gasteiger partial charge in [-0.15, -0.1) is 0 Å². The molecule has 0 radical (unpaired) electrons. The summed E-state index contributed by atoms with van der Waals surface area (Å²) < 4.78 is 12.0. The van der Waals surface area contributed by atoms with Crippen LogP contribution in [0.3, 0.4) is 0 Å². The number of hydrogen-bond donors (Lipinski definition) is 0. The summed E-state index contributed by atoms with van der Waals surface area (Å²) >= 11 is 0. The fourth-order valence-corrected chi connectivity index (χ4v) is 2.52. The molecule has 3 heteroatoms. The first kappa shape index (κ1) is 13.1. The van der Waals surface area contributed by atoms with Crippen LogP contribution in [0.1, 0.15) is 44.5 Å². The Morgan fingerprint density at radius 1 is 1.33 bits per heavy atom. The summed E-state index contributed by atoms with van der Waals surface area (Å²) in [6.45, 7) is 8.21. The smallest absolute Gasteiger partial charge is 0.150 e. The van der Waals surface area contributed by atoms with Crippen LogP contribution in [0.2, 0.25) is 0 Å². The molecule has 0 aromatic heterocycles. The van der Waals surface area contributed by atoms with Crippen LogP contribution in [-0.2, 0) is 4.74 Å². The predicted molar refractivity (Wildman–Crippen MR) is 70.1 cm³/mol. The van der Waals surface area contributed by atoms with Crippen molar-refractivity contribution in [2.75, 3.05) is 0 Å². The van der Waals surface area contributed by atoms with Crippen molar-refractivity contribution in [3.8, 4) is 5.75 Å². The minimum Gasteiger partial charge on any atom is -0.487 e. The monoisotopic (exact) mass is 248 g/mol. The van der Waals surface area contributed by atoms with Crippen LogP contribution >= 0.6 is 0 Å². The summed E-state index contributed by atoms with van der Waals surface area (Å²) in [5.74, 6) is 0.721. The van der Waals surface area contributed by atoms with E-state index in [-0.39, 0.29) is 17.3 Å². The fraction of sp³-hybridized carbons (Fsp3) is 0.533. The highest BCUT2D eigenvalue weighted by molar-refractivity contribution is 5.75. The quantitative estimate of drug-likeness (QED) is 0.770. The average Bonchev–Trinajstić information content (AvgIpc) is 2.47. The molecule has 1 fully saturated rings. The Hall–Kier alpha value is -1.35. The van der Waals surface area contributed by atoms with Gasteiger partial charge in [-0.3, -0.25) is 4.79 Å². The van der Waals surface area contributed by atoms with Gasteiger partial charge in [-0.1, -0.05) is 12.1 Å². The number of hydrogen-bond acceptors (Lipinski definition) is 3. The van der Waals surface area contributed by atoms with Gasteiger partial charge in [0.05, 0.1) is 5.60 Å². The van der Waals surface area contributed by atoms with Crippen LogP contribution in [0.15, 0.2) is 24.3 Å². The van der Waals surface area contributed by atoms with E-state index in [2.05, 4.69) is 13.8 Å². The SMILES string of the molecule is CC1(C)CC(Oc2cccc(C=O)c2)C(C)(C)O1. The Labute approximate surface area is 108 Å². The Morgan fingerprint density at radius 3 is 2.61 bits per heavy atom. The first-order valence-electron chi connectivity index (χ1n) is 6.24. The molecule has 3 nitrogen and oxygen atoms in total. The molecule has 2 rings (SSSR count). The molecule has 1 unspecified atom stereocenters. The van der Waals surface area contributed by atoms with Crippen LogP contribution in [-0.4, -0.2) is 23.6 Å². The van der Waals surface area contributed by atoms with Crippen molar-refractivity contribution < 1.29 is 14.3 Å². The van der Waals surface area contributed by atoms with Crippen molar-refractivity contribution in [3.05, 3.63) is 29.8 Å². The van der Waals surface area contributed by atoms with Gasteiger partial charge in [0.2, 0.25) is 0 Å². The number of aldehydes is 1. The number of carbonyl (C=O) groups excluding carboxylic acids is 1. The summed E-state index contributed by atoms with van der Waals surface area (Å²) in [4.78, 5) is 10.7. The number of rotatable bonds is 3. The highest BCUT2D eigenvalue weighted by Gasteiger charge is 2.47. The molecular weight excluding hydrogens is 228 g/mol. The zero-order valence-corrected chi connectivity index (χ0v) is 11.4. The molecule has 1 saturated heterocycles. The lowest BCUT2D eigenvalue weighted by Crippen LogP contribution is -2.36. The molecule has 0 amide bonds. The van der Waals surface area contributed by atoms with Gasteiger partial charge in [0.25, 0.3) is 0 Å². The number of carbonyl (C=O) groups is 1. The maximum absolute atomic E-state index is 10.7. The highest BCUT2D eigenvalue weighted by Crippen LogP contribution is 2.39. The van der Waals surface area contributed by atoms with E-state index in [0.717, 1.165) is 18.5 Å². The molecule has 98 valence electrons. The zero-order valence-electron chi connectivity index (χ0n) is 11.4. The lowest BCUT2D eigenvalue weighted by Gasteiger charge is -2.27. The van der Waals surface area contributed by atoms with Gasteiger partial charge in [0.15, 0.2) is 0 Å². The van der Waals surface area contributed by atoms with Crippen LogP contribution in [0.5, 0.6) is 5.75 Å². The lowest BCUT2D eigenvalue weighted by atomic mass is 9.97. The minimum absolute atomic E-state index is 0.00518. The summed E-state index contributed by atoms with van der Waals surface area (Å²) in [5.41, 5.74) is 0.139. The molecule has 0 N–H and O–H groups in total. The fourth-order valence-electron chi connectivity index (χ4n) is 2.52. The molecule has 1 atom stereocenters. The second-order valence-corrected chi connectivity index (χ2v) is 5.97. The maximum Gasteiger partial charge on any atom is 0.150 e. The largest absolute Gasteiger partial charge is 0.487 e. The van der Waals surface area contributed by atoms with Crippen molar-refractivity contribution in [2.45, 2.75) is 51.4 Å². The third kappa shape index (κ3) is 2.72. The third-order valence-corrected chi connectivity index (χ3v) is 3.26. The minimum atomic E-state index is -0.319. The molecule has 1 aromatic carbocycles. The van der Waals surface area contributed by atoms with Crippen molar-refractivity contribution >= 4 is 6.29 Å². The zero-order chi connectivity index (χ0) is 13.4. The Bertz CT molecular complexity index is 449. The normalized spacial score (nSPS) is 24.8. The maximum atomic E-state index is 10.7. The van der Waals surface area contributed by atoms with E-state index in [1.165, 1.54) is 0 Å². The van der Waals surface area contributed by atoms with Crippen LogP contribution < -0.4 is 4.74 Å². The van der Waals surface area contributed by atoms with Crippen LogP contribution in [0.4, 0.5) is 0 Å². The van der Waals surface area contributed by atoms with Gasteiger partial charge in [-0.05, 0) is 39.8 Å². The molecule has 1 aliphatic heterocycles. The van der Waals surface area contributed by atoms with E-state index in [1.54, 1.807) is 12.1 Å². The Balaban J connectivity index is 2.16. The Morgan fingerprint density at radius 2 is 2.06 bits per heavy atom. The summed E-state index contributed by atoms with van der Waals surface area (Å²) in [6.07, 6.45) is 1.66. The molecule has 1 aliphatic rings. The molecule has 0 saturated carbocycles. The van der Waals surface area contributed by atoms with E-state index in [4.69, 9.17) is 9.47 Å². The number of ether oxygens (including phenoxy) is 2. The van der Waals surface area contributed by atoms with Crippen LogP contribution in [0, 0.1) is 0 Å². The predicted octanol–water partition coefficient (Wildman–Crippen LogP) is 3.22. The van der Waals surface area contributed by atoms with Crippen molar-refractivity contribution in [1.82, 2.24) is 0 Å². The van der Waals surface area contributed by atoms with Gasteiger partial charge >= 0.3 is 0 Å². The summed E-state index contributed by atoms with van der Waals surface area (Å²) in [5, 5.41) is 0. The molecule has 1 heterocycles. The van der Waals surface area contributed by atoms with Gasteiger partial charge in [-0.2, -0.15) is 0 Å². The van der Waals surface area contributed by atoms with Gasteiger partial charge in [0, 0.05) is 12.0 Å². The topological polar surface area (TPSA) is 35.5 Å². The summed E-state index contributed by atoms with van der Waals surface area (Å²) in [6, 6.07) is 7.22. The second-order valence-electron chi connectivity index (χ2n) is 5.97. The Kier molecular flexibility index (Phi) is 3.20. The van der Waals surface area contributed by atoms with E-state index in [1.807, 2.05) is 26.0 Å². The molecule has 0 spiro atoms. The second kappa shape index (κ2) is 4.39. The van der Waals surface area contributed by atoms with E-state index in [0.29, 0.717) is 5.56 Å². The first-order valence-corrected chi connectivity index (χ1v) is 6.24. The lowest BCUT2D eigenvalue weighted by molar-refractivity contribution is -0.0846. The molecular formula is C15H20O3. The number of benzene rings is 1. The highest BCUT2D eigenvalue weighted by atomic mass is 16.6. The van der Waals surface area contributed by atoms with E-state index >= 15 is 0 Å².